The lowest BCUT2D eigenvalue weighted by Gasteiger charge is -2.08. The van der Waals surface area contributed by atoms with Crippen molar-refractivity contribution >= 4 is 16.9 Å². The minimum Gasteiger partial charge on any atom is -0.493 e. The van der Waals surface area contributed by atoms with Crippen LogP contribution in [-0.2, 0) is 4.79 Å². The molecule has 0 heterocycles. The zero-order chi connectivity index (χ0) is 12.8. The molecule has 0 aliphatic carbocycles. The van der Waals surface area contributed by atoms with Gasteiger partial charge < -0.3 is 9.47 Å². The summed E-state index contributed by atoms with van der Waals surface area (Å²) in [7, 11) is 3.16. The molecule has 4 heteroatoms. The van der Waals surface area contributed by atoms with Crippen molar-refractivity contribution < 1.29 is 14.3 Å². The Bertz CT molecular complexity index is 434. The minimum absolute atomic E-state index is 0.0113. The van der Waals surface area contributed by atoms with Crippen molar-refractivity contribution in [3.05, 3.63) is 29.8 Å². The Kier molecular flexibility index (Phi) is 5.10. The molecule has 0 aromatic heterocycles. The molecular weight excluding hydrogens is 236 g/mol. The van der Waals surface area contributed by atoms with E-state index in [0.29, 0.717) is 11.5 Å². The van der Waals surface area contributed by atoms with Gasteiger partial charge >= 0.3 is 0 Å². The van der Waals surface area contributed by atoms with Crippen molar-refractivity contribution in [1.82, 2.24) is 0 Å². The minimum atomic E-state index is 0.0113. The summed E-state index contributed by atoms with van der Waals surface area (Å²) in [6, 6.07) is 5.42. The van der Waals surface area contributed by atoms with Crippen molar-refractivity contribution in [3.8, 4) is 11.5 Å². The van der Waals surface area contributed by atoms with Gasteiger partial charge in [0.15, 0.2) is 11.5 Å². The fraction of sp³-hybridized carbons (Fsp3) is 0.308. The molecule has 1 aromatic carbocycles. The molecule has 0 fully saturated rings. The predicted molar refractivity (Wildman–Crippen MR) is 69.8 cm³/mol. The van der Waals surface area contributed by atoms with E-state index >= 15 is 0 Å². The number of hydrogen-bond donors (Lipinski definition) is 0. The summed E-state index contributed by atoms with van der Waals surface area (Å²) in [6.45, 7) is 3.79. The first-order chi connectivity index (χ1) is 8.06. The highest BCUT2D eigenvalue weighted by Gasteiger charge is 2.07. The lowest BCUT2D eigenvalue weighted by molar-refractivity contribution is -0.107. The van der Waals surface area contributed by atoms with E-state index in [1.54, 1.807) is 32.4 Å². The molecule has 0 aliphatic heterocycles. The summed E-state index contributed by atoms with van der Waals surface area (Å²) >= 11 is 1.17. The monoisotopic (exact) mass is 252 g/mol. The largest absolute Gasteiger partial charge is 0.493 e. The molecule has 0 aliphatic rings. The van der Waals surface area contributed by atoms with Crippen LogP contribution >= 0.6 is 11.8 Å². The van der Waals surface area contributed by atoms with E-state index in [4.69, 9.17) is 9.47 Å². The zero-order valence-electron chi connectivity index (χ0n) is 10.4. The third-order valence-electron chi connectivity index (χ3n) is 1.98. The SMILES string of the molecule is COc1ccc(SC(=O)C=C(C)C)cc1OC. The molecule has 0 N–H and O–H groups in total. The Morgan fingerprint density at radius 2 is 1.82 bits per heavy atom. The van der Waals surface area contributed by atoms with Crippen LogP contribution in [0, 0.1) is 0 Å². The fourth-order valence-electron chi connectivity index (χ4n) is 1.26. The predicted octanol–water partition coefficient (Wildman–Crippen LogP) is 3.29. The van der Waals surface area contributed by atoms with Crippen LogP contribution in [0.4, 0.5) is 0 Å². The molecule has 0 spiro atoms. The van der Waals surface area contributed by atoms with Gasteiger partial charge in [-0.15, -0.1) is 0 Å². The first kappa shape index (κ1) is 13.6. The van der Waals surface area contributed by atoms with Crippen LogP contribution in [0.25, 0.3) is 0 Å². The number of carbonyl (C=O) groups excluding carboxylic acids is 1. The Morgan fingerprint density at radius 3 is 2.35 bits per heavy atom. The summed E-state index contributed by atoms with van der Waals surface area (Å²) in [5.74, 6) is 1.29. The molecule has 92 valence electrons. The summed E-state index contributed by atoms with van der Waals surface area (Å²) < 4.78 is 10.3. The van der Waals surface area contributed by atoms with Gasteiger partial charge in [0.1, 0.15) is 0 Å². The maximum atomic E-state index is 11.6. The van der Waals surface area contributed by atoms with Gasteiger partial charge in [-0.1, -0.05) is 5.57 Å². The first-order valence-corrected chi connectivity index (χ1v) is 5.97. The standard InChI is InChI=1S/C13H16O3S/c1-9(2)7-13(14)17-10-5-6-11(15-3)12(8-10)16-4/h5-8H,1-4H3. The van der Waals surface area contributed by atoms with E-state index in [2.05, 4.69) is 0 Å². The number of hydrogen-bond acceptors (Lipinski definition) is 4. The van der Waals surface area contributed by atoms with Crippen molar-refractivity contribution in [2.24, 2.45) is 0 Å². The number of allylic oxidation sites excluding steroid dienone is 1. The Balaban J connectivity index is 2.86. The second-order valence-electron chi connectivity index (χ2n) is 3.66. The Morgan fingerprint density at radius 1 is 1.18 bits per heavy atom. The van der Waals surface area contributed by atoms with E-state index in [-0.39, 0.29) is 5.12 Å². The molecule has 1 rings (SSSR count). The van der Waals surface area contributed by atoms with Crippen molar-refractivity contribution in [1.29, 1.82) is 0 Å². The van der Waals surface area contributed by atoms with Crippen LogP contribution in [0.1, 0.15) is 13.8 Å². The van der Waals surface area contributed by atoms with Gasteiger partial charge in [-0.25, -0.2) is 0 Å². The normalized spacial score (nSPS) is 9.65. The average molecular weight is 252 g/mol. The van der Waals surface area contributed by atoms with Crippen LogP contribution in [0.15, 0.2) is 34.7 Å². The van der Waals surface area contributed by atoms with Crippen LogP contribution in [-0.4, -0.2) is 19.3 Å². The molecule has 0 saturated heterocycles. The number of carbonyl (C=O) groups is 1. The summed E-state index contributed by atoms with van der Waals surface area (Å²) in [5.41, 5.74) is 0.989. The maximum Gasteiger partial charge on any atom is 0.216 e. The van der Waals surface area contributed by atoms with E-state index in [9.17, 15) is 4.79 Å². The van der Waals surface area contributed by atoms with Gasteiger partial charge in [0, 0.05) is 4.90 Å². The number of methoxy groups -OCH3 is 2. The molecule has 1 aromatic rings. The number of rotatable bonds is 4. The second-order valence-corrected chi connectivity index (χ2v) is 4.74. The number of benzene rings is 1. The van der Waals surface area contributed by atoms with E-state index in [1.165, 1.54) is 11.8 Å². The third-order valence-corrected chi connectivity index (χ3v) is 2.79. The van der Waals surface area contributed by atoms with Gasteiger partial charge in [-0.05, 0) is 49.9 Å². The van der Waals surface area contributed by atoms with Gasteiger partial charge in [0.2, 0.25) is 5.12 Å². The van der Waals surface area contributed by atoms with Crippen molar-refractivity contribution in [2.45, 2.75) is 18.7 Å². The maximum absolute atomic E-state index is 11.6. The molecule has 0 radical (unpaired) electrons. The van der Waals surface area contributed by atoms with Crippen LogP contribution in [0.2, 0.25) is 0 Å². The Hall–Kier alpha value is -1.42. The lowest BCUT2D eigenvalue weighted by atomic mass is 10.3. The lowest BCUT2D eigenvalue weighted by Crippen LogP contribution is -1.91. The highest BCUT2D eigenvalue weighted by molar-refractivity contribution is 8.14. The average Bonchev–Trinajstić information content (AvgIpc) is 2.27. The van der Waals surface area contributed by atoms with Gasteiger partial charge in [0.25, 0.3) is 0 Å². The van der Waals surface area contributed by atoms with Gasteiger partial charge in [-0.2, -0.15) is 0 Å². The molecule has 3 nitrogen and oxygen atoms in total. The highest BCUT2D eigenvalue weighted by atomic mass is 32.2. The molecule has 0 atom stereocenters. The van der Waals surface area contributed by atoms with Gasteiger partial charge in [-0.3, -0.25) is 4.79 Å². The number of ether oxygens (including phenoxy) is 2. The quantitative estimate of drug-likeness (QED) is 0.608. The molecule has 0 unspecified atom stereocenters. The smallest absolute Gasteiger partial charge is 0.216 e. The second kappa shape index (κ2) is 6.35. The molecule has 0 bridgehead atoms. The summed E-state index contributed by atoms with van der Waals surface area (Å²) in [6.07, 6.45) is 1.61. The Labute approximate surface area is 106 Å². The van der Waals surface area contributed by atoms with Gasteiger partial charge in [0.05, 0.1) is 14.2 Å². The first-order valence-electron chi connectivity index (χ1n) is 5.15. The van der Waals surface area contributed by atoms with Crippen molar-refractivity contribution in [3.63, 3.8) is 0 Å². The fourth-order valence-corrected chi connectivity index (χ4v) is 2.09. The van der Waals surface area contributed by atoms with E-state index in [1.807, 2.05) is 19.9 Å². The van der Waals surface area contributed by atoms with Crippen molar-refractivity contribution in [2.75, 3.05) is 14.2 Å². The van der Waals surface area contributed by atoms with Crippen LogP contribution < -0.4 is 9.47 Å². The topological polar surface area (TPSA) is 35.5 Å². The van der Waals surface area contributed by atoms with Crippen LogP contribution in [0.5, 0.6) is 11.5 Å². The zero-order valence-corrected chi connectivity index (χ0v) is 11.3. The molecule has 0 saturated carbocycles. The molecule has 17 heavy (non-hydrogen) atoms. The molecule has 0 amide bonds. The summed E-state index contributed by atoms with van der Waals surface area (Å²) in [5, 5.41) is 0.0113. The van der Waals surface area contributed by atoms with E-state index < -0.39 is 0 Å². The highest BCUT2D eigenvalue weighted by Crippen LogP contribution is 2.32. The molecular formula is C13H16O3S. The van der Waals surface area contributed by atoms with Crippen LogP contribution in [0.3, 0.4) is 0 Å². The van der Waals surface area contributed by atoms with E-state index in [0.717, 1.165) is 10.5 Å². The number of thioether (sulfide) groups is 1. The summed E-state index contributed by atoms with van der Waals surface area (Å²) in [4.78, 5) is 12.4. The third kappa shape index (κ3) is 4.15.